The highest BCUT2D eigenvalue weighted by Gasteiger charge is 2.22. The zero-order chi connectivity index (χ0) is 18.4. The van der Waals surface area contributed by atoms with Gasteiger partial charge in [0.25, 0.3) is 10.0 Å². The van der Waals surface area contributed by atoms with Gasteiger partial charge in [0.15, 0.2) is 6.61 Å². The molecule has 0 atom stereocenters. The lowest BCUT2D eigenvalue weighted by atomic mass is 10.2. The molecule has 0 bridgehead atoms. The minimum atomic E-state index is -3.99. The van der Waals surface area contributed by atoms with Crippen LogP contribution in [0.2, 0.25) is 0 Å². The molecule has 7 nitrogen and oxygen atoms in total. The second-order valence-electron chi connectivity index (χ2n) is 5.07. The molecule has 0 heterocycles. The molecule has 0 aromatic heterocycles. The third-order valence-electron chi connectivity index (χ3n) is 3.26. The first-order chi connectivity index (χ1) is 11.9. The van der Waals surface area contributed by atoms with E-state index in [0.29, 0.717) is 5.69 Å². The Morgan fingerprint density at radius 3 is 2.48 bits per heavy atom. The average molecular weight is 360 g/mol. The van der Waals surface area contributed by atoms with Crippen molar-refractivity contribution in [3.63, 3.8) is 0 Å². The molecule has 0 aliphatic carbocycles. The van der Waals surface area contributed by atoms with Crippen LogP contribution in [0.3, 0.4) is 0 Å². The number of hydrogen-bond acceptors (Lipinski definition) is 6. The lowest BCUT2D eigenvalue weighted by Crippen LogP contribution is -2.15. The maximum absolute atomic E-state index is 12.7. The Bertz CT molecular complexity index is 915. The van der Waals surface area contributed by atoms with Crippen molar-refractivity contribution in [1.82, 2.24) is 0 Å². The zero-order valence-electron chi connectivity index (χ0n) is 13.6. The van der Waals surface area contributed by atoms with Crippen LogP contribution in [0.5, 0.6) is 5.75 Å². The van der Waals surface area contributed by atoms with E-state index in [0.717, 1.165) is 11.6 Å². The van der Waals surface area contributed by atoms with Gasteiger partial charge in [-0.1, -0.05) is 17.7 Å². The molecule has 0 radical (unpaired) electrons. The molecule has 0 amide bonds. The summed E-state index contributed by atoms with van der Waals surface area (Å²) in [5.41, 5.74) is 1.37. The third kappa shape index (κ3) is 4.49. The van der Waals surface area contributed by atoms with Gasteiger partial charge in [-0.15, -0.1) is 0 Å². The number of rotatable bonds is 6. The van der Waals surface area contributed by atoms with Crippen molar-refractivity contribution in [2.24, 2.45) is 0 Å². The van der Waals surface area contributed by atoms with E-state index in [1.807, 2.05) is 6.92 Å². The maximum atomic E-state index is 12.7. The highest BCUT2D eigenvalue weighted by atomic mass is 32.2. The summed E-state index contributed by atoms with van der Waals surface area (Å²) < 4.78 is 37.5. The van der Waals surface area contributed by atoms with Crippen molar-refractivity contribution < 1.29 is 22.7 Å². The summed E-state index contributed by atoms with van der Waals surface area (Å²) in [6.07, 6.45) is 0. The predicted molar refractivity (Wildman–Crippen MR) is 90.9 cm³/mol. The summed E-state index contributed by atoms with van der Waals surface area (Å²) >= 11 is 0. The number of nitriles is 1. The molecule has 0 aliphatic heterocycles. The van der Waals surface area contributed by atoms with Gasteiger partial charge in [0, 0.05) is 5.69 Å². The van der Waals surface area contributed by atoms with E-state index < -0.39 is 22.6 Å². The predicted octanol–water partition coefficient (Wildman–Crippen LogP) is 2.48. The fourth-order valence-corrected chi connectivity index (χ4v) is 3.28. The smallest absolute Gasteiger partial charge is 0.339 e. The van der Waals surface area contributed by atoms with Crippen LogP contribution in [-0.2, 0) is 14.8 Å². The Labute approximate surface area is 145 Å². The number of nitrogens with zero attached hydrogens (tertiary/aromatic N) is 1. The number of hydrogen-bond donors (Lipinski definition) is 1. The van der Waals surface area contributed by atoms with Crippen molar-refractivity contribution in [1.29, 1.82) is 5.26 Å². The minimum absolute atomic E-state index is 0.000307. The highest BCUT2D eigenvalue weighted by Crippen LogP contribution is 2.27. The molecule has 0 unspecified atom stereocenters. The van der Waals surface area contributed by atoms with Crippen molar-refractivity contribution in [3.05, 3.63) is 53.6 Å². The normalized spacial score (nSPS) is 10.6. The van der Waals surface area contributed by atoms with E-state index in [4.69, 9.17) is 14.7 Å². The summed E-state index contributed by atoms with van der Waals surface area (Å²) in [7, 11) is -2.67. The number of carbonyl (C=O) groups excluding carboxylic acids is 1. The van der Waals surface area contributed by atoms with Gasteiger partial charge >= 0.3 is 5.97 Å². The number of anilines is 1. The standard InChI is InChI=1S/C17H16N2O5S/c1-12-3-6-14(7-4-12)19-25(21,22)16-11-13(5-8-15(16)23-2)17(20)24-10-9-18/h3-8,11,19H,10H2,1-2H3. The van der Waals surface area contributed by atoms with Crippen LogP contribution in [0.15, 0.2) is 47.4 Å². The van der Waals surface area contributed by atoms with Crippen molar-refractivity contribution in [2.75, 3.05) is 18.4 Å². The highest BCUT2D eigenvalue weighted by molar-refractivity contribution is 7.92. The van der Waals surface area contributed by atoms with E-state index in [9.17, 15) is 13.2 Å². The summed E-state index contributed by atoms with van der Waals surface area (Å²) in [4.78, 5) is 11.6. The summed E-state index contributed by atoms with van der Waals surface area (Å²) in [5, 5.41) is 8.46. The third-order valence-corrected chi connectivity index (χ3v) is 4.66. The number of carbonyl (C=O) groups is 1. The lowest BCUT2D eigenvalue weighted by molar-refractivity contribution is 0.0554. The van der Waals surface area contributed by atoms with E-state index in [1.165, 1.54) is 19.2 Å². The Morgan fingerprint density at radius 2 is 1.88 bits per heavy atom. The minimum Gasteiger partial charge on any atom is -0.495 e. The lowest BCUT2D eigenvalue weighted by Gasteiger charge is -2.13. The molecule has 2 rings (SSSR count). The van der Waals surface area contributed by atoms with Gasteiger partial charge in [0.05, 0.1) is 12.7 Å². The van der Waals surface area contributed by atoms with Crippen LogP contribution < -0.4 is 9.46 Å². The Morgan fingerprint density at radius 1 is 1.20 bits per heavy atom. The Balaban J connectivity index is 2.39. The largest absolute Gasteiger partial charge is 0.495 e. The molecule has 25 heavy (non-hydrogen) atoms. The summed E-state index contributed by atoms with van der Waals surface area (Å²) in [6, 6.07) is 12.3. The summed E-state index contributed by atoms with van der Waals surface area (Å²) in [6.45, 7) is 1.46. The first kappa shape index (κ1) is 18.3. The molecule has 0 saturated heterocycles. The first-order valence-electron chi connectivity index (χ1n) is 7.19. The molecular formula is C17H16N2O5S. The molecule has 0 spiro atoms. The molecule has 0 fully saturated rings. The van der Waals surface area contributed by atoms with Crippen molar-refractivity contribution >= 4 is 21.7 Å². The molecule has 130 valence electrons. The van der Waals surface area contributed by atoms with E-state index in [2.05, 4.69) is 4.72 Å². The van der Waals surface area contributed by atoms with Gasteiger partial charge in [-0.25, -0.2) is 13.2 Å². The topological polar surface area (TPSA) is 105 Å². The number of benzene rings is 2. The van der Waals surface area contributed by atoms with E-state index in [-0.39, 0.29) is 16.2 Å². The number of esters is 1. The Kier molecular flexibility index (Phi) is 5.62. The number of ether oxygens (including phenoxy) is 2. The molecule has 8 heteroatoms. The van der Waals surface area contributed by atoms with Crippen molar-refractivity contribution in [3.8, 4) is 11.8 Å². The van der Waals surface area contributed by atoms with Crippen LogP contribution in [0, 0.1) is 18.3 Å². The van der Waals surface area contributed by atoms with Crippen LogP contribution in [0.4, 0.5) is 5.69 Å². The van der Waals surface area contributed by atoms with Gasteiger partial charge in [-0.05, 0) is 37.3 Å². The van der Waals surface area contributed by atoms with Gasteiger partial charge in [-0.3, -0.25) is 4.72 Å². The maximum Gasteiger partial charge on any atom is 0.339 e. The number of sulfonamides is 1. The van der Waals surface area contributed by atoms with Gasteiger partial charge in [0.1, 0.15) is 16.7 Å². The van der Waals surface area contributed by atoms with Gasteiger partial charge in [0.2, 0.25) is 0 Å². The van der Waals surface area contributed by atoms with Crippen LogP contribution in [0.25, 0.3) is 0 Å². The number of methoxy groups -OCH3 is 1. The fraction of sp³-hybridized carbons (Fsp3) is 0.176. The SMILES string of the molecule is COc1ccc(C(=O)OCC#N)cc1S(=O)(=O)Nc1ccc(C)cc1. The second kappa shape index (κ2) is 7.68. The quantitative estimate of drug-likeness (QED) is 0.794. The van der Waals surface area contributed by atoms with Crippen LogP contribution in [-0.4, -0.2) is 28.1 Å². The number of nitrogens with one attached hydrogen (secondary N) is 1. The molecule has 0 saturated carbocycles. The zero-order valence-corrected chi connectivity index (χ0v) is 14.5. The Hall–Kier alpha value is -3.05. The first-order valence-corrected chi connectivity index (χ1v) is 8.67. The fourth-order valence-electron chi connectivity index (χ4n) is 2.03. The number of aryl methyl sites for hydroxylation is 1. The van der Waals surface area contributed by atoms with Crippen LogP contribution in [0.1, 0.15) is 15.9 Å². The monoisotopic (exact) mass is 360 g/mol. The second-order valence-corrected chi connectivity index (χ2v) is 6.72. The molecule has 2 aromatic rings. The summed E-state index contributed by atoms with van der Waals surface area (Å²) in [5.74, 6) is -0.715. The van der Waals surface area contributed by atoms with Crippen LogP contribution >= 0.6 is 0 Å². The molecular weight excluding hydrogens is 344 g/mol. The average Bonchev–Trinajstić information content (AvgIpc) is 2.60. The van der Waals surface area contributed by atoms with Gasteiger partial charge in [-0.2, -0.15) is 5.26 Å². The molecule has 0 aliphatic rings. The van der Waals surface area contributed by atoms with Gasteiger partial charge < -0.3 is 9.47 Å². The molecule has 1 N–H and O–H groups in total. The van der Waals surface area contributed by atoms with Crippen molar-refractivity contribution in [2.45, 2.75) is 11.8 Å². The van der Waals surface area contributed by atoms with E-state index in [1.54, 1.807) is 30.3 Å². The van der Waals surface area contributed by atoms with E-state index >= 15 is 0 Å². The molecule has 2 aromatic carbocycles.